The molecule has 0 aliphatic carbocycles. The summed E-state index contributed by atoms with van der Waals surface area (Å²) >= 11 is 0. The Hall–Kier alpha value is -2.08. The zero-order valence-electron chi connectivity index (χ0n) is 15.5. The molecule has 1 heterocycles. The molecule has 6 nitrogen and oxygen atoms in total. The van der Waals surface area contributed by atoms with Crippen LogP contribution >= 0.6 is 0 Å². The van der Waals surface area contributed by atoms with Gasteiger partial charge in [0.25, 0.3) is 0 Å². The van der Waals surface area contributed by atoms with Gasteiger partial charge in [0, 0.05) is 13.1 Å². The second kappa shape index (κ2) is 8.34. The van der Waals surface area contributed by atoms with E-state index in [1.165, 1.54) is 12.7 Å². The van der Waals surface area contributed by atoms with Crippen LogP contribution in [0, 0.1) is 5.92 Å². The molecule has 2 amide bonds. The zero-order valence-corrected chi connectivity index (χ0v) is 15.5. The van der Waals surface area contributed by atoms with Gasteiger partial charge in [0.15, 0.2) is 0 Å². The minimum absolute atomic E-state index is 0.0289. The van der Waals surface area contributed by atoms with Gasteiger partial charge in [-0.05, 0) is 35.8 Å². The molecule has 25 heavy (non-hydrogen) atoms. The predicted octanol–water partition coefficient (Wildman–Crippen LogP) is 2.28. The van der Waals surface area contributed by atoms with Crippen molar-refractivity contribution in [2.75, 3.05) is 26.8 Å². The molecule has 1 saturated heterocycles. The van der Waals surface area contributed by atoms with Gasteiger partial charge in [-0.15, -0.1) is 0 Å². The van der Waals surface area contributed by atoms with Crippen LogP contribution in [0.1, 0.15) is 39.2 Å². The zero-order chi connectivity index (χ0) is 18.4. The molecule has 0 saturated carbocycles. The van der Waals surface area contributed by atoms with E-state index >= 15 is 0 Å². The number of benzene rings is 1. The molecule has 0 atom stereocenters. The Morgan fingerprint density at radius 1 is 1.20 bits per heavy atom. The van der Waals surface area contributed by atoms with Gasteiger partial charge >= 0.3 is 11.8 Å². The van der Waals surface area contributed by atoms with Gasteiger partial charge in [-0.1, -0.05) is 39.0 Å². The number of ether oxygens (including phenoxy) is 1. The fraction of sp³-hybridized carbons (Fsp3) is 0.579. The van der Waals surface area contributed by atoms with Crippen LogP contribution in [-0.4, -0.2) is 43.5 Å². The van der Waals surface area contributed by atoms with Gasteiger partial charge in [-0.2, -0.15) is 0 Å². The molecular formula is C19H28N2O4. The summed E-state index contributed by atoms with van der Waals surface area (Å²) in [4.78, 5) is 29.5. The van der Waals surface area contributed by atoms with E-state index in [1.54, 1.807) is 4.90 Å². The number of hydrogen-bond donors (Lipinski definition) is 1. The van der Waals surface area contributed by atoms with Crippen LogP contribution in [0.4, 0.5) is 0 Å². The lowest BCUT2D eigenvalue weighted by molar-refractivity contribution is -0.152. The lowest BCUT2D eigenvalue weighted by atomic mass is 9.86. The standard InChI is InChI=1S/C19H28N2O4/c1-19(2,3)15-7-5-6-8-16(15)25-13-14-9-11-21(12-10-14)18(23)17(22)20-24-4/h5-8,14H,9-13H2,1-4H3,(H,20,22). The third kappa shape index (κ3) is 5.19. The monoisotopic (exact) mass is 348 g/mol. The first-order valence-electron chi connectivity index (χ1n) is 8.67. The van der Waals surface area contributed by atoms with Crippen LogP contribution in [0.5, 0.6) is 5.75 Å². The second-order valence-corrected chi connectivity index (χ2v) is 7.43. The summed E-state index contributed by atoms with van der Waals surface area (Å²) in [6, 6.07) is 8.13. The van der Waals surface area contributed by atoms with Gasteiger partial charge < -0.3 is 9.64 Å². The largest absolute Gasteiger partial charge is 0.493 e. The highest BCUT2D eigenvalue weighted by molar-refractivity contribution is 6.34. The lowest BCUT2D eigenvalue weighted by Gasteiger charge is -2.31. The summed E-state index contributed by atoms with van der Waals surface area (Å²) < 4.78 is 6.08. The van der Waals surface area contributed by atoms with E-state index in [4.69, 9.17) is 4.74 Å². The van der Waals surface area contributed by atoms with E-state index in [2.05, 4.69) is 37.2 Å². The average molecular weight is 348 g/mol. The molecule has 1 aliphatic rings. The Morgan fingerprint density at radius 2 is 1.84 bits per heavy atom. The van der Waals surface area contributed by atoms with Crippen molar-refractivity contribution in [1.29, 1.82) is 0 Å². The average Bonchev–Trinajstić information content (AvgIpc) is 2.59. The van der Waals surface area contributed by atoms with Gasteiger partial charge in [-0.3, -0.25) is 14.4 Å². The van der Waals surface area contributed by atoms with Crippen LogP contribution in [0.3, 0.4) is 0 Å². The highest BCUT2D eigenvalue weighted by Crippen LogP contribution is 2.31. The summed E-state index contributed by atoms with van der Waals surface area (Å²) in [6.45, 7) is 8.26. The van der Waals surface area contributed by atoms with E-state index in [-0.39, 0.29) is 5.41 Å². The lowest BCUT2D eigenvalue weighted by Crippen LogP contribution is -2.46. The maximum atomic E-state index is 11.9. The molecule has 2 rings (SSSR count). The first kappa shape index (κ1) is 19.2. The highest BCUT2D eigenvalue weighted by atomic mass is 16.6. The molecule has 0 radical (unpaired) electrons. The van der Waals surface area contributed by atoms with Crippen molar-refractivity contribution in [2.24, 2.45) is 5.92 Å². The van der Waals surface area contributed by atoms with Crippen molar-refractivity contribution in [3.63, 3.8) is 0 Å². The molecule has 1 aliphatic heterocycles. The van der Waals surface area contributed by atoms with Crippen molar-refractivity contribution in [3.05, 3.63) is 29.8 Å². The molecule has 1 aromatic rings. The quantitative estimate of drug-likeness (QED) is 0.670. The van der Waals surface area contributed by atoms with Crippen LogP contribution in [-0.2, 0) is 19.8 Å². The topological polar surface area (TPSA) is 67.9 Å². The fourth-order valence-corrected chi connectivity index (χ4v) is 3.00. The van der Waals surface area contributed by atoms with E-state index in [0.717, 1.165) is 18.6 Å². The fourth-order valence-electron chi connectivity index (χ4n) is 3.00. The van der Waals surface area contributed by atoms with Crippen LogP contribution < -0.4 is 10.2 Å². The van der Waals surface area contributed by atoms with Crippen molar-refractivity contribution in [3.8, 4) is 5.75 Å². The maximum absolute atomic E-state index is 11.9. The Bertz CT molecular complexity index is 602. The number of likely N-dealkylation sites (tertiary alicyclic amines) is 1. The first-order valence-corrected chi connectivity index (χ1v) is 8.67. The van der Waals surface area contributed by atoms with E-state index in [0.29, 0.717) is 25.6 Å². The number of nitrogens with one attached hydrogen (secondary N) is 1. The number of hydroxylamine groups is 1. The number of carbonyl (C=O) groups is 2. The Balaban J connectivity index is 1.86. The highest BCUT2D eigenvalue weighted by Gasteiger charge is 2.27. The van der Waals surface area contributed by atoms with E-state index in [9.17, 15) is 9.59 Å². The molecule has 6 heteroatoms. The number of hydrogen-bond acceptors (Lipinski definition) is 4. The molecule has 0 aromatic heterocycles. The smallest absolute Gasteiger partial charge is 0.333 e. The summed E-state index contributed by atoms with van der Waals surface area (Å²) in [5.74, 6) is 0.0335. The molecule has 1 aromatic carbocycles. The van der Waals surface area contributed by atoms with Crippen LogP contribution in [0.2, 0.25) is 0 Å². The molecule has 138 valence electrons. The van der Waals surface area contributed by atoms with Crippen LogP contribution in [0.15, 0.2) is 24.3 Å². The maximum Gasteiger partial charge on any atom is 0.333 e. The molecular weight excluding hydrogens is 320 g/mol. The molecule has 0 unspecified atom stereocenters. The number of para-hydroxylation sites is 1. The summed E-state index contributed by atoms with van der Waals surface area (Å²) in [5.41, 5.74) is 3.29. The Kier molecular flexibility index (Phi) is 6.42. The molecule has 0 spiro atoms. The van der Waals surface area contributed by atoms with Gasteiger partial charge in [0.1, 0.15) is 5.75 Å². The Morgan fingerprint density at radius 3 is 2.44 bits per heavy atom. The molecule has 0 bridgehead atoms. The van der Waals surface area contributed by atoms with Crippen molar-refractivity contribution in [2.45, 2.75) is 39.0 Å². The molecule has 1 N–H and O–H groups in total. The van der Waals surface area contributed by atoms with Gasteiger partial charge in [0.2, 0.25) is 0 Å². The Labute approximate surface area is 149 Å². The van der Waals surface area contributed by atoms with Gasteiger partial charge in [0.05, 0.1) is 13.7 Å². The summed E-state index contributed by atoms with van der Waals surface area (Å²) in [5, 5.41) is 0. The van der Waals surface area contributed by atoms with Crippen molar-refractivity contribution in [1.82, 2.24) is 10.4 Å². The summed E-state index contributed by atoms with van der Waals surface area (Å²) in [6.07, 6.45) is 1.65. The number of carbonyl (C=O) groups excluding carboxylic acids is 2. The minimum atomic E-state index is -0.726. The third-order valence-corrected chi connectivity index (χ3v) is 4.46. The van der Waals surface area contributed by atoms with Gasteiger partial charge in [-0.25, -0.2) is 5.48 Å². The van der Waals surface area contributed by atoms with E-state index in [1.807, 2.05) is 18.2 Å². The third-order valence-electron chi connectivity index (χ3n) is 4.46. The van der Waals surface area contributed by atoms with Crippen LogP contribution in [0.25, 0.3) is 0 Å². The van der Waals surface area contributed by atoms with Crippen molar-refractivity contribution >= 4 is 11.8 Å². The van der Waals surface area contributed by atoms with Crippen molar-refractivity contribution < 1.29 is 19.2 Å². The normalized spacial score (nSPS) is 15.8. The predicted molar refractivity (Wildman–Crippen MR) is 95.1 cm³/mol. The van der Waals surface area contributed by atoms with E-state index < -0.39 is 11.8 Å². The number of amides is 2. The minimum Gasteiger partial charge on any atom is -0.493 e. The molecule has 1 fully saturated rings. The summed E-state index contributed by atoms with van der Waals surface area (Å²) in [7, 11) is 1.31. The SMILES string of the molecule is CONC(=O)C(=O)N1CCC(COc2ccccc2C(C)(C)C)CC1. The number of rotatable bonds is 4. The number of piperidine rings is 1. The second-order valence-electron chi connectivity index (χ2n) is 7.43. The first-order chi connectivity index (χ1) is 11.8. The number of nitrogens with zero attached hydrogens (tertiary/aromatic N) is 1.